The molecule has 3 aromatic rings. The van der Waals surface area contributed by atoms with Gasteiger partial charge in [-0.3, -0.25) is 9.78 Å². The van der Waals surface area contributed by atoms with Crippen LogP contribution in [-0.4, -0.2) is 26.8 Å². The van der Waals surface area contributed by atoms with Crippen LogP contribution in [-0.2, 0) is 6.54 Å². The third-order valence-electron chi connectivity index (χ3n) is 4.57. The van der Waals surface area contributed by atoms with Crippen LogP contribution in [0.2, 0.25) is 5.02 Å². The SMILES string of the molecule is O=C(NCc1cccnc1)c1nn2c(c1Cl)N[C@@H](c1cccs1)C[C@H]2C(F)(F)F. The summed E-state index contributed by atoms with van der Waals surface area (Å²) in [5, 5.41) is 11.2. The Morgan fingerprint density at radius 3 is 2.86 bits per heavy atom. The van der Waals surface area contributed by atoms with E-state index in [1.54, 1.807) is 42.0 Å². The number of nitrogens with zero attached hydrogens (tertiary/aromatic N) is 3. The van der Waals surface area contributed by atoms with Crippen molar-refractivity contribution in [3.8, 4) is 0 Å². The molecule has 1 amide bonds. The van der Waals surface area contributed by atoms with Crippen molar-refractivity contribution in [2.75, 3.05) is 5.32 Å². The summed E-state index contributed by atoms with van der Waals surface area (Å²) in [6.07, 6.45) is -1.61. The Hall–Kier alpha value is -2.59. The maximum absolute atomic E-state index is 13.7. The molecule has 0 aromatic carbocycles. The molecule has 29 heavy (non-hydrogen) atoms. The van der Waals surface area contributed by atoms with Gasteiger partial charge in [0.15, 0.2) is 11.7 Å². The van der Waals surface area contributed by atoms with Crippen molar-refractivity contribution in [1.29, 1.82) is 0 Å². The van der Waals surface area contributed by atoms with Crippen molar-refractivity contribution < 1.29 is 18.0 Å². The van der Waals surface area contributed by atoms with E-state index in [-0.39, 0.29) is 29.5 Å². The van der Waals surface area contributed by atoms with Gasteiger partial charge in [0.1, 0.15) is 10.8 Å². The van der Waals surface area contributed by atoms with Gasteiger partial charge in [-0.25, -0.2) is 4.68 Å². The Balaban J connectivity index is 1.63. The number of fused-ring (bicyclic) bond motifs is 1. The maximum atomic E-state index is 13.7. The smallest absolute Gasteiger partial charge is 0.361 e. The number of carbonyl (C=O) groups is 1. The fourth-order valence-corrected chi connectivity index (χ4v) is 4.23. The van der Waals surface area contributed by atoms with E-state index in [0.29, 0.717) is 0 Å². The fourth-order valence-electron chi connectivity index (χ4n) is 3.18. The second kappa shape index (κ2) is 7.68. The molecule has 6 nitrogen and oxygen atoms in total. The molecule has 1 aliphatic rings. The van der Waals surface area contributed by atoms with Crippen LogP contribution in [0.15, 0.2) is 42.0 Å². The molecule has 0 radical (unpaired) electrons. The summed E-state index contributed by atoms with van der Waals surface area (Å²) in [7, 11) is 0. The minimum absolute atomic E-state index is 0.00910. The van der Waals surface area contributed by atoms with Crippen LogP contribution in [0.25, 0.3) is 0 Å². The van der Waals surface area contributed by atoms with Crippen molar-refractivity contribution in [2.24, 2.45) is 0 Å². The van der Waals surface area contributed by atoms with E-state index in [1.165, 1.54) is 11.3 Å². The lowest BCUT2D eigenvalue weighted by Gasteiger charge is -2.32. The summed E-state index contributed by atoms with van der Waals surface area (Å²) >= 11 is 7.63. The monoisotopic (exact) mass is 441 g/mol. The lowest BCUT2D eigenvalue weighted by Crippen LogP contribution is -2.35. The molecule has 3 aromatic heterocycles. The molecule has 0 fully saturated rings. The normalized spacial score (nSPS) is 18.8. The first-order valence-corrected chi connectivity index (χ1v) is 9.92. The van der Waals surface area contributed by atoms with Gasteiger partial charge in [-0.1, -0.05) is 23.7 Å². The van der Waals surface area contributed by atoms with Gasteiger partial charge in [0.25, 0.3) is 5.91 Å². The fraction of sp³-hybridized carbons (Fsp3) is 0.278. The molecule has 0 unspecified atom stereocenters. The molecule has 4 rings (SSSR count). The molecule has 152 valence electrons. The predicted octanol–water partition coefficient (Wildman–Crippen LogP) is 4.58. The molecule has 0 aliphatic carbocycles. The van der Waals surface area contributed by atoms with Gasteiger partial charge in [0, 0.05) is 30.2 Å². The van der Waals surface area contributed by atoms with E-state index in [0.717, 1.165) is 15.1 Å². The first-order valence-electron chi connectivity index (χ1n) is 8.66. The number of alkyl halides is 3. The predicted molar refractivity (Wildman–Crippen MR) is 103 cm³/mol. The Morgan fingerprint density at radius 2 is 2.21 bits per heavy atom. The van der Waals surface area contributed by atoms with Crippen LogP contribution in [0.1, 0.15) is 39.4 Å². The zero-order valence-electron chi connectivity index (χ0n) is 14.8. The molecular formula is C18H15ClF3N5OS. The quantitative estimate of drug-likeness (QED) is 0.621. The average molecular weight is 442 g/mol. The highest BCUT2D eigenvalue weighted by molar-refractivity contribution is 7.10. The summed E-state index contributed by atoms with van der Waals surface area (Å²) in [5.74, 6) is -0.665. The third-order valence-corrected chi connectivity index (χ3v) is 5.92. The molecule has 0 bridgehead atoms. The topological polar surface area (TPSA) is 71.8 Å². The van der Waals surface area contributed by atoms with Gasteiger partial charge in [-0.05, 0) is 23.1 Å². The number of hydrogen-bond acceptors (Lipinski definition) is 5. The van der Waals surface area contributed by atoms with Crippen LogP contribution in [0, 0.1) is 0 Å². The van der Waals surface area contributed by atoms with Crippen molar-refractivity contribution in [1.82, 2.24) is 20.1 Å². The summed E-state index contributed by atoms with van der Waals surface area (Å²) in [4.78, 5) is 17.2. The standard InChI is InChI=1S/C18H15ClF3N5OS/c19-14-15(17(28)24-9-10-3-1-5-23-8-10)26-27-13(18(20,21)22)7-11(25-16(14)27)12-4-2-6-29-12/h1-6,8,11,13,25H,7,9H2,(H,24,28)/t11-,13+/m1/s1. The van der Waals surface area contributed by atoms with E-state index in [9.17, 15) is 18.0 Å². The summed E-state index contributed by atoms with van der Waals surface area (Å²) in [5.41, 5.74) is 0.490. The first kappa shape index (κ1) is 19.7. The van der Waals surface area contributed by atoms with Crippen molar-refractivity contribution in [3.63, 3.8) is 0 Å². The number of amides is 1. The number of anilines is 1. The van der Waals surface area contributed by atoms with Gasteiger partial charge in [0.05, 0.1) is 6.04 Å². The van der Waals surface area contributed by atoms with E-state index in [2.05, 4.69) is 20.7 Å². The van der Waals surface area contributed by atoms with Crippen molar-refractivity contribution in [2.45, 2.75) is 31.2 Å². The number of carbonyl (C=O) groups excluding carboxylic acids is 1. The minimum atomic E-state index is -4.54. The van der Waals surface area contributed by atoms with Crippen LogP contribution < -0.4 is 10.6 Å². The van der Waals surface area contributed by atoms with Crippen LogP contribution in [0.5, 0.6) is 0 Å². The summed E-state index contributed by atoms with van der Waals surface area (Å²) in [6.45, 7) is 0.152. The van der Waals surface area contributed by atoms with Gasteiger partial charge < -0.3 is 10.6 Å². The Bertz CT molecular complexity index is 1010. The number of pyridine rings is 1. The van der Waals surface area contributed by atoms with E-state index < -0.39 is 24.2 Å². The van der Waals surface area contributed by atoms with Gasteiger partial charge in [-0.15, -0.1) is 11.3 Å². The second-order valence-corrected chi connectivity index (χ2v) is 7.86. The molecule has 11 heteroatoms. The van der Waals surface area contributed by atoms with Gasteiger partial charge in [-0.2, -0.15) is 18.3 Å². The molecule has 0 spiro atoms. The molecule has 4 heterocycles. The third kappa shape index (κ3) is 3.95. The van der Waals surface area contributed by atoms with E-state index in [1.807, 2.05) is 0 Å². The molecule has 0 saturated carbocycles. The van der Waals surface area contributed by atoms with Crippen LogP contribution in [0.4, 0.5) is 19.0 Å². The minimum Gasteiger partial charge on any atom is -0.361 e. The molecule has 2 N–H and O–H groups in total. The highest BCUT2D eigenvalue weighted by atomic mass is 35.5. The number of rotatable bonds is 4. The zero-order chi connectivity index (χ0) is 20.6. The van der Waals surface area contributed by atoms with Crippen LogP contribution >= 0.6 is 22.9 Å². The number of aromatic nitrogens is 3. The Labute approximate surface area is 172 Å². The lowest BCUT2D eigenvalue weighted by atomic mass is 10.0. The average Bonchev–Trinajstić information content (AvgIpc) is 3.34. The van der Waals surface area contributed by atoms with Gasteiger partial charge in [0.2, 0.25) is 0 Å². The molecular weight excluding hydrogens is 427 g/mol. The number of halogens is 4. The van der Waals surface area contributed by atoms with E-state index in [4.69, 9.17) is 11.6 Å². The summed E-state index contributed by atoms with van der Waals surface area (Å²) in [6, 6.07) is 4.55. The highest BCUT2D eigenvalue weighted by Gasteiger charge is 2.48. The maximum Gasteiger partial charge on any atom is 0.410 e. The van der Waals surface area contributed by atoms with Crippen molar-refractivity contribution >= 4 is 34.7 Å². The summed E-state index contributed by atoms with van der Waals surface area (Å²) < 4.78 is 41.9. The highest BCUT2D eigenvalue weighted by Crippen LogP contribution is 2.46. The number of thiophene rings is 1. The van der Waals surface area contributed by atoms with E-state index >= 15 is 0 Å². The number of nitrogens with one attached hydrogen (secondary N) is 2. The largest absolute Gasteiger partial charge is 0.410 e. The zero-order valence-corrected chi connectivity index (χ0v) is 16.4. The Morgan fingerprint density at radius 1 is 1.38 bits per heavy atom. The lowest BCUT2D eigenvalue weighted by molar-refractivity contribution is -0.173. The number of hydrogen-bond donors (Lipinski definition) is 2. The Kier molecular flexibility index (Phi) is 5.22. The second-order valence-electron chi connectivity index (χ2n) is 6.51. The molecule has 1 aliphatic heterocycles. The van der Waals surface area contributed by atoms with Crippen LogP contribution in [0.3, 0.4) is 0 Å². The molecule has 0 saturated heterocycles. The molecule has 2 atom stereocenters. The van der Waals surface area contributed by atoms with Crippen molar-refractivity contribution in [3.05, 3.63) is 63.2 Å². The first-order chi connectivity index (χ1) is 13.8. The van der Waals surface area contributed by atoms with Gasteiger partial charge >= 0.3 is 6.18 Å².